The minimum absolute atomic E-state index is 0.0235. The molecule has 3 aromatic rings. The van der Waals surface area contributed by atoms with E-state index in [1.165, 1.54) is 18.8 Å². The summed E-state index contributed by atoms with van der Waals surface area (Å²) in [6.07, 6.45) is -0.283. The van der Waals surface area contributed by atoms with Crippen LogP contribution < -0.4 is 5.09 Å². The highest BCUT2D eigenvalue weighted by atomic mass is 35.5. The van der Waals surface area contributed by atoms with Crippen LogP contribution in [0.15, 0.2) is 40.9 Å². The van der Waals surface area contributed by atoms with Crippen LogP contribution in [0.5, 0.6) is 0 Å². The van der Waals surface area contributed by atoms with Gasteiger partial charge in [0.25, 0.3) is 0 Å². The van der Waals surface area contributed by atoms with Gasteiger partial charge in [-0.2, -0.15) is 13.8 Å². The Morgan fingerprint density at radius 2 is 1.79 bits per heavy atom. The summed E-state index contributed by atoms with van der Waals surface area (Å²) in [5.74, 6) is -3.96. The molecule has 0 aliphatic rings. The molecule has 0 amide bonds. The van der Waals surface area contributed by atoms with E-state index in [1.807, 2.05) is 0 Å². The number of alkyl halides is 3. The molecule has 1 aromatic heterocycles. The van der Waals surface area contributed by atoms with Crippen molar-refractivity contribution in [2.75, 3.05) is 11.8 Å². The third kappa shape index (κ3) is 5.33. The Labute approximate surface area is 166 Å². The average molecular weight is 452 g/mol. The lowest BCUT2D eigenvalue weighted by Crippen LogP contribution is -2.03. The molecular formula is C17H12ClF5N3O2P. The molecule has 1 N–H and O–H groups in total. The molecule has 0 aliphatic carbocycles. The van der Waals surface area contributed by atoms with Gasteiger partial charge in [0, 0.05) is 30.1 Å². The SMILES string of the molecule is CP(=O)(Cc1ccc(-c2noc(C(F)(F)Cl)n2)cc1F)Nc1cc(F)cc(F)c1. The highest BCUT2D eigenvalue weighted by Gasteiger charge is 2.35. The molecule has 0 saturated heterocycles. The molecule has 3 rings (SSSR count). The number of nitrogens with zero attached hydrogens (tertiary/aromatic N) is 2. The lowest BCUT2D eigenvalue weighted by molar-refractivity contribution is 0.0551. The van der Waals surface area contributed by atoms with Crippen LogP contribution in [0.1, 0.15) is 11.5 Å². The number of halogens is 6. The molecule has 29 heavy (non-hydrogen) atoms. The van der Waals surface area contributed by atoms with E-state index in [1.54, 1.807) is 0 Å². The fourth-order valence-corrected chi connectivity index (χ4v) is 4.26. The topological polar surface area (TPSA) is 68.0 Å². The summed E-state index contributed by atoms with van der Waals surface area (Å²) in [6.45, 7) is 1.29. The normalized spacial score (nSPS) is 13.9. The minimum Gasteiger partial charge on any atom is -0.336 e. The van der Waals surface area contributed by atoms with Crippen molar-refractivity contribution in [1.82, 2.24) is 10.1 Å². The molecule has 5 nitrogen and oxygen atoms in total. The van der Waals surface area contributed by atoms with E-state index in [-0.39, 0.29) is 28.8 Å². The van der Waals surface area contributed by atoms with Crippen molar-refractivity contribution >= 4 is 24.6 Å². The van der Waals surface area contributed by atoms with Crippen LogP contribution in [-0.4, -0.2) is 16.8 Å². The van der Waals surface area contributed by atoms with Gasteiger partial charge < -0.3 is 14.2 Å². The van der Waals surface area contributed by atoms with Gasteiger partial charge in [-0.25, -0.2) is 13.2 Å². The second-order valence-corrected chi connectivity index (χ2v) is 9.47. The second kappa shape index (κ2) is 7.76. The van der Waals surface area contributed by atoms with Crippen LogP contribution in [0, 0.1) is 17.5 Å². The maximum Gasteiger partial charge on any atom is 0.400 e. The highest BCUT2D eigenvalue weighted by Crippen LogP contribution is 2.45. The highest BCUT2D eigenvalue weighted by molar-refractivity contribution is 7.63. The fraction of sp³-hybridized carbons (Fsp3) is 0.176. The van der Waals surface area contributed by atoms with Crippen LogP contribution in [0.4, 0.5) is 27.6 Å². The molecule has 0 saturated carbocycles. The number of hydrogen-bond donors (Lipinski definition) is 1. The van der Waals surface area contributed by atoms with E-state index >= 15 is 0 Å². The monoisotopic (exact) mass is 451 g/mol. The van der Waals surface area contributed by atoms with Gasteiger partial charge in [-0.1, -0.05) is 17.3 Å². The number of aromatic nitrogens is 2. The van der Waals surface area contributed by atoms with Crippen LogP contribution in [0.3, 0.4) is 0 Å². The molecule has 1 heterocycles. The Hall–Kier alpha value is -2.45. The van der Waals surface area contributed by atoms with Gasteiger partial charge in [-0.15, -0.1) is 0 Å². The first-order chi connectivity index (χ1) is 13.4. The van der Waals surface area contributed by atoms with Crippen molar-refractivity contribution in [1.29, 1.82) is 0 Å². The number of benzene rings is 2. The number of hydrogen-bond acceptors (Lipinski definition) is 4. The van der Waals surface area contributed by atoms with Crippen LogP contribution in [0.2, 0.25) is 0 Å². The molecule has 0 spiro atoms. The van der Waals surface area contributed by atoms with Crippen LogP contribution in [0.25, 0.3) is 11.4 Å². The molecule has 0 bridgehead atoms. The van der Waals surface area contributed by atoms with Gasteiger partial charge in [0.15, 0.2) is 7.29 Å². The van der Waals surface area contributed by atoms with Crippen LogP contribution in [-0.2, 0) is 16.1 Å². The van der Waals surface area contributed by atoms with E-state index in [0.717, 1.165) is 18.2 Å². The number of rotatable bonds is 6. The summed E-state index contributed by atoms with van der Waals surface area (Å²) < 4.78 is 84.0. The second-order valence-electron chi connectivity index (χ2n) is 6.26. The number of nitrogens with one attached hydrogen (secondary N) is 1. The Balaban J connectivity index is 1.79. The van der Waals surface area contributed by atoms with Crippen molar-refractivity contribution in [2.45, 2.75) is 11.5 Å². The standard InChI is InChI=1S/C17H12ClF5N3O2P/c1-29(27,26-13-6-11(19)5-12(20)7-13)8-10-3-2-9(4-14(10)21)15-24-16(28-25-15)17(18,22)23/h2-7H,8H2,1H3,(H,26,27). The van der Waals surface area contributed by atoms with E-state index in [9.17, 15) is 26.5 Å². The van der Waals surface area contributed by atoms with E-state index < -0.39 is 36.0 Å². The zero-order chi connectivity index (χ0) is 21.4. The summed E-state index contributed by atoms with van der Waals surface area (Å²) in [5, 5.41) is 1.97. The molecule has 154 valence electrons. The molecular weight excluding hydrogens is 440 g/mol. The lowest BCUT2D eigenvalue weighted by atomic mass is 10.1. The summed E-state index contributed by atoms with van der Waals surface area (Å²) in [6, 6.07) is 6.12. The zero-order valence-corrected chi connectivity index (χ0v) is 16.2. The molecule has 0 fully saturated rings. The van der Waals surface area contributed by atoms with Gasteiger partial charge in [0.2, 0.25) is 5.82 Å². The van der Waals surface area contributed by atoms with E-state index in [4.69, 9.17) is 11.6 Å². The molecule has 1 unspecified atom stereocenters. The fourth-order valence-electron chi connectivity index (χ4n) is 2.53. The Morgan fingerprint density at radius 3 is 2.34 bits per heavy atom. The lowest BCUT2D eigenvalue weighted by Gasteiger charge is -2.17. The summed E-state index contributed by atoms with van der Waals surface area (Å²) >= 11 is 4.79. The van der Waals surface area contributed by atoms with Gasteiger partial charge >= 0.3 is 11.3 Å². The first-order valence-electron chi connectivity index (χ1n) is 7.93. The minimum atomic E-state index is -3.86. The molecule has 0 radical (unpaired) electrons. The molecule has 12 heteroatoms. The van der Waals surface area contributed by atoms with Gasteiger partial charge in [0.05, 0.1) is 0 Å². The maximum atomic E-state index is 14.4. The third-order valence-electron chi connectivity index (χ3n) is 3.68. The predicted octanol–water partition coefficient (Wildman–Crippen LogP) is 5.96. The smallest absolute Gasteiger partial charge is 0.336 e. The Kier molecular flexibility index (Phi) is 5.69. The third-order valence-corrected chi connectivity index (χ3v) is 5.52. The maximum absolute atomic E-state index is 14.4. The number of anilines is 1. The van der Waals surface area contributed by atoms with Crippen molar-refractivity contribution < 1.29 is 31.0 Å². The van der Waals surface area contributed by atoms with Crippen LogP contribution >= 0.6 is 18.9 Å². The predicted molar refractivity (Wildman–Crippen MR) is 96.7 cm³/mol. The van der Waals surface area contributed by atoms with Crippen molar-refractivity contribution in [3.05, 3.63) is 65.3 Å². The van der Waals surface area contributed by atoms with Crippen molar-refractivity contribution in [3.63, 3.8) is 0 Å². The van der Waals surface area contributed by atoms with E-state index in [0.29, 0.717) is 6.07 Å². The van der Waals surface area contributed by atoms with E-state index in [2.05, 4.69) is 19.8 Å². The summed E-state index contributed by atoms with van der Waals surface area (Å²) in [4.78, 5) is 3.40. The summed E-state index contributed by atoms with van der Waals surface area (Å²) in [7, 11) is -3.30. The Bertz CT molecular complexity index is 1080. The van der Waals surface area contributed by atoms with Crippen molar-refractivity contribution in [3.8, 4) is 11.4 Å². The largest absolute Gasteiger partial charge is 0.400 e. The van der Waals surface area contributed by atoms with Crippen molar-refractivity contribution in [2.24, 2.45) is 0 Å². The molecule has 2 aromatic carbocycles. The van der Waals surface area contributed by atoms with Gasteiger partial charge in [-0.3, -0.25) is 0 Å². The molecule has 0 aliphatic heterocycles. The Morgan fingerprint density at radius 1 is 1.14 bits per heavy atom. The zero-order valence-electron chi connectivity index (χ0n) is 14.6. The van der Waals surface area contributed by atoms with Gasteiger partial charge in [0.1, 0.15) is 17.5 Å². The quantitative estimate of drug-likeness (QED) is 0.284. The summed E-state index contributed by atoms with van der Waals surface area (Å²) in [5.41, 5.74) is 0.00954. The molecule has 1 atom stereocenters. The first-order valence-corrected chi connectivity index (χ1v) is 10.7. The average Bonchev–Trinajstić information content (AvgIpc) is 3.05. The first kappa shape index (κ1) is 21.3. The van der Waals surface area contributed by atoms with Gasteiger partial charge in [-0.05, 0) is 35.4 Å².